The lowest BCUT2D eigenvalue weighted by Crippen LogP contribution is -2.31. The van der Waals surface area contributed by atoms with Gasteiger partial charge in [0.05, 0.1) is 28.3 Å². The van der Waals surface area contributed by atoms with Crippen LogP contribution in [0.5, 0.6) is 0 Å². The zero-order valence-corrected chi connectivity index (χ0v) is 22.5. The maximum absolute atomic E-state index is 13.6. The molecular formula is C31H30N4O2S. The third kappa shape index (κ3) is 6.16. The zero-order chi connectivity index (χ0) is 27.1. The van der Waals surface area contributed by atoms with E-state index in [2.05, 4.69) is 28.9 Å². The summed E-state index contributed by atoms with van der Waals surface area (Å²) in [5.74, 6) is -0.906. The fourth-order valence-electron chi connectivity index (χ4n) is 4.37. The van der Waals surface area contributed by atoms with E-state index in [-0.39, 0.29) is 17.6 Å². The summed E-state index contributed by atoms with van der Waals surface area (Å²) in [6.07, 6.45) is 0.932. The van der Waals surface area contributed by atoms with Gasteiger partial charge in [0, 0.05) is 22.6 Å². The van der Waals surface area contributed by atoms with E-state index in [0.717, 1.165) is 28.9 Å². The van der Waals surface area contributed by atoms with Crippen LogP contribution in [0.25, 0.3) is 0 Å². The van der Waals surface area contributed by atoms with E-state index in [0.29, 0.717) is 21.9 Å². The Kier molecular flexibility index (Phi) is 8.67. The zero-order valence-electron chi connectivity index (χ0n) is 21.7. The number of nitrogens with one attached hydrogen (secondary N) is 3. The molecule has 1 aliphatic rings. The Hall–Kier alpha value is -4.28. The molecule has 0 unspecified atom stereocenters. The highest BCUT2D eigenvalue weighted by Crippen LogP contribution is 2.41. The number of nitriles is 1. The van der Waals surface area contributed by atoms with Crippen molar-refractivity contribution in [2.75, 3.05) is 16.4 Å². The van der Waals surface area contributed by atoms with Crippen LogP contribution in [0, 0.1) is 18.3 Å². The number of hydrogen-bond acceptors (Lipinski definition) is 5. The molecule has 4 rings (SSSR count). The fourth-order valence-corrected chi connectivity index (χ4v) is 5.26. The monoisotopic (exact) mass is 522 g/mol. The molecule has 0 spiro atoms. The lowest BCUT2D eigenvalue weighted by atomic mass is 9.82. The topological polar surface area (TPSA) is 94.0 Å². The van der Waals surface area contributed by atoms with Gasteiger partial charge in [-0.1, -0.05) is 79.3 Å². The van der Waals surface area contributed by atoms with Crippen molar-refractivity contribution in [2.24, 2.45) is 0 Å². The molecule has 7 heteroatoms. The summed E-state index contributed by atoms with van der Waals surface area (Å²) < 4.78 is 0. The molecule has 2 amide bonds. The van der Waals surface area contributed by atoms with Crippen molar-refractivity contribution in [3.05, 3.63) is 117 Å². The number of amides is 2. The molecule has 0 saturated carbocycles. The minimum absolute atomic E-state index is 0.114. The second-order valence-corrected chi connectivity index (χ2v) is 10.0. The van der Waals surface area contributed by atoms with Crippen molar-refractivity contribution >= 4 is 35.0 Å². The summed E-state index contributed by atoms with van der Waals surface area (Å²) in [6.45, 7) is 5.84. The second-order valence-electron chi connectivity index (χ2n) is 9.02. The SMILES string of the molecule is CCc1ccc(NC(=O)CSC2=C(C#N)[C@@H](c3ccccc3)C(C(=O)Nc3ccccc3C)=C(C)N2)cc1. The van der Waals surface area contributed by atoms with Gasteiger partial charge >= 0.3 is 0 Å². The van der Waals surface area contributed by atoms with Gasteiger partial charge in [-0.05, 0) is 55.2 Å². The van der Waals surface area contributed by atoms with Gasteiger partial charge in [0.25, 0.3) is 5.91 Å². The molecule has 1 heterocycles. The lowest BCUT2D eigenvalue weighted by molar-refractivity contribution is -0.114. The Morgan fingerprint density at radius 3 is 2.29 bits per heavy atom. The van der Waals surface area contributed by atoms with Crippen molar-refractivity contribution in [3.63, 3.8) is 0 Å². The lowest BCUT2D eigenvalue weighted by Gasteiger charge is -2.30. The predicted molar refractivity (Wildman–Crippen MR) is 154 cm³/mol. The number of aryl methyl sites for hydroxylation is 2. The summed E-state index contributed by atoms with van der Waals surface area (Å²) in [5.41, 5.74) is 5.94. The molecule has 1 aliphatic heterocycles. The molecule has 3 aromatic carbocycles. The summed E-state index contributed by atoms with van der Waals surface area (Å²) in [4.78, 5) is 26.3. The Morgan fingerprint density at radius 2 is 1.63 bits per heavy atom. The molecule has 0 bridgehead atoms. The van der Waals surface area contributed by atoms with Crippen LogP contribution in [-0.4, -0.2) is 17.6 Å². The second kappa shape index (κ2) is 12.3. The average molecular weight is 523 g/mol. The smallest absolute Gasteiger partial charge is 0.254 e. The van der Waals surface area contributed by atoms with E-state index in [1.54, 1.807) is 0 Å². The van der Waals surface area contributed by atoms with Gasteiger partial charge in [-0.15, -0.1) is 0 Å². The third-order valence-electron chi connectivity index (χ3n) is 6.41. The van der Waals surface area contributed by atoms with E-state index in [9.17, 15) is 14.9 Å². The molecule has 0 saturated heterocycles. The van der Waals surface area contributed by atoms with E-state index in [4.69, 9.17) is 0 Å². The minimum Gasteiger partial charge on any atom is -0.353 e. The number of rotatable bonds is 8. The number of allylic oxidation sites excluding steroid dienone is 2. The van der Waals surface area contributed by atoms with E-state index in [1.807, 2.05) is 92.7 Å². The molecular weight excluding hydrogens is 492 g/mol. The van der Waals surface area contributed by atoms with Gasteiger partial charge in [-0.25, -0.2) is 0 Å². The Balaban J connectivity index is 1.59. The molecule has 3 aromatic rings. The first-order valence-corrected chi connectivity index (χ1v) is 13.4. The van der Waals surface area contributed by atoms with Gasteiger partial charge in [0.15, 0.2) is 0 Å². The van der Waals surface area contributed by atoms with Crippen LogP contribution in [0.4, 0.5) is 11.4 Å². The Labute approximate surface area is 227 Å². The highest BCUT2D eigenvalue weighted by Gasteiger charge is 2.35. The molecule has 192 valence electrons. The quantitative estimate of drug-likeness (QED) is 0.324. The number of benzene rings is 3. The Bertz CT molecular complexity index is 1440. The number of thioether (sulfide) groups is 1. The number of carbonyl (C=O) groups is 2. The van der Waals surface area contributed by atoms with Crippen molar-refractivity contribution in [3.8, 4) is 6.07 Å². The third-order valence-corrected chi connectivity index (χ3v) is 7.43. The van der Waals surface area contributed by atoms with Crippen LogP contribution < -0.4 is 16.0 Å². The summed E-state index contributed by atoms with van der Waals surface area (Å²) in [7, 11) is 0. The number of nitrogens with zero attached hydrogens (tertiary/aromatic N) is 1. The molecule has 0 fully saturated rings. The van der Waals surface area contributed by atoms with Crippen LogP contribution in [0.1, 0.15) is 36.5 Å². The highest BCUT2D eigenvalue weighted by molar-refractivity contribution is 8.03. The molecule has 38 heavy (non-hydrogen) atoms. The largest absolute Gasteiger partial charge is 0.353 e. The van der Waals surface area contributed by atoms with Crippen LogP contribution in [0.2, 0.25) is 0 Å². The maximum atomic E-state index is 13.6. The Morgan fingerprint density at radius 1 is 0.947 bits per heavy atom. The summed E-state index contributed by atoms with van der Waals surface area (Å²) in [6, 6.07) is 27.2. The molecule has 6 nitrogen and oxygen atoms in total. The van der Waals surface area contributed by atoms with Gasteiger partial charge in [-0.2, -0.15) is 5.26 Å². The first kappa shape index (κ1) is 26.8. The van der Waals surface area contributed by atoms with Crippen molar-refractivity contribution in [1.82, 2.24) is 5.32 Å². The number of dihydropyridines is 1. The van der Waals surface area contributed by atoms with E-state index in [1.165, 1.54) is 17.3 Å². The number of carbonyl (C=O) groups excluding carboxylic acids is 2. The number of anilines is 2. The standard InChI is InChI=1S/C31H30N4O2S/c1-4-22-14-16-24(17-15-22)34-27(36)19-38-31-25(18-32)29(23-11-6-5-7-12-23)28(21(3)33-31)30(37)35-26-13-9-8-10-20(26)2/h5-17,29,33H,4,19H2,1-3H3,(H,34,36)(H,35,37)/t29-/m1/s1. The van der Waals surface area contributed by atoms with E-state index < -0.39 is 5.92 Å². The van der Waals surface area contributed by atoms with Crippen LogP contribution in [-0.2, 0) is 16.0 Å². The molecule has 3 N–H and O–H groups in total. The molecule has 0 aliphatic carbocycles. The van der Waals surface area contributed by atoms with Crippen LogP contribution in [0.3, 0.4) is 0 Å². The maximum Gasteiger partial charge on any atom is 0.254 e. The van der Waals surface area contributed by atoms with Crippen molar-refractivity contribution in [2.45, 2.75) is 33.1 Å². The molecule has 1 atom stereocenters. The summed E-state index contributed by atoms with van der Waals surface area (Å²) in [5, 5.41) is 20.0. The normalized spacial score (nSPS) is 14.9. The van der Waals surface area contributed by atoms with Gasteiger partial charge in [0.1, 0.15) is 0 Å². The fraction of sp³-hybridized carbons (Fsp3) is 0.194. The highest BCUT2D eigenvalue weighted by atomic mass is 32.2. The first-order chi connectivity index (χ1) is 18.4. The average Bonchev–Trinajstić information content (AvgIpc) is 2.93. The van der Waals surface area contributed by atoms with E-state index >= 15 is 0 Å². The molecule has 0 radical (unpaired) electrons. The predicted octanol–water partition coefficient (Wildman–Crippen LogP) is 6.26. The first-order valence-electron chi connectivity index (χ1n) is 12.5. The van der Waals surface area contributed by atoms with Crippen LogP contribution >= 0.6 is 11.8 Å². The number of hydrogen-bond donors (Lipinski definition) is 3. The van der Waals surface area contributed by atoms with Crippen LogP contribution in [0.15, 0.2) is 101 Å². The number of para-hydroxylation sites is 1. The van der Waals surface area contributed by atoms with Gasteiger partial charge in [0.2, 0.25) is 5.91 Å². The van der Waals surface area contributed by atoms with Gasteiger partial charge in [-0.3, -0.25) is 9.59 Å². The van der Waals surface area contributed by atoms with Crippen molar-refractivity contribution < 1.29 is 9.59 Å². The minimum atomic E-state index is -0.571. The summed E-state index contributed by atoms with van der Waals surface area (Å²) >= 11 is 1.26. The van der Waals surface area contributed by atoms with Crippen molar-refractivity contribution in [1.29, 1.82) is 5.26 Å². The molecule has 0 aromatic heterocycles. The van der Waals surface area contributed by atoms with Gasteiger partial charge < -0.3 is 16.0 Å².